The van der Waals surface area contributed by atoms with E-state index >= 15 is 0 Å². The van der Waals surface area contributed by atoms with Crippen LogP contribution in [-0.4, -0.2) is 35.5 Å². The van der Waals surface area contributed by atoms with Gasteiger partial charge in [-0.25, -0.2) is 0 Å². The Balaban J connectivity index is 1.94. The Morgan fingerprint density at radius 2 is 2.12 bits per heavy atom. The molecule has 0 aromatic heterocycles. The van der Waals surface area contributed by atoms with Gasteiger partial charge in [0.15, 0.2) is 5.79 Å². The summed E-state index contributed by atoms with van der Waals surface area (Å²) >= 11 is 2.00. The maximum Gasteiger partial charge on any atom is 0.169 e. The molecule has 2 fully saturated rings. The lowest BCUT2D eigenvalue weighted by atomic mass is 9.90. The van der Waals surface area contributed by atoms with E-state index in [9.17, 15) is 0 Å². The Labute approximate surface area is 102 Å². The third kappa shape index (κ3) is 2.73. The zero-order chi connectivity index (χ0) is 11.6. The predicted molar refractivity (Wildman–Crippen MR) is 67.6 cm³/mol. The molecule has 4 heteroatoms. The molecule has 1 saturated heterocycles. The van der Waals surface area contributed by atoms with E-state index in [2.05, 4.69) is 13.8 Å². The van der Waals surface area contributed by atoms with Gasteiger partial charge in [0, 0.05) is 29.4 Å². The molecule has 3 atom stereocenters. The highest BCUT2D eigenvalue weighted by atomic mass is 32.2. The molecule has 3 unspecified atom stereocenters. The molecular formula is C12H23NO2S. The second-order valence-electron chi connectivity index (χ2n) is 4.91. The molecule has 0 amide bonds. The van der Waals surface area contributed by atoms with E-state index in [1.807, 2.05) is 11.8 Å². The van der Waals surface area contributed by atoms with Crippen molar-refractivity contribution in [3.63, 3.8) is 0 Å². The summed E-state index contributed by atoms with van der Waals surface area (Å²) in [6.07, 6.45) is 4.14. The minimum Gasteiger partial charge on any atom is -0.347 e. The highest BCUT2D eigenvalue weighted by molar-refractivity contribution is 8.00. The van der Waals surface area contributed by atoms with Crippen molar-refractivity contribution in [1.82, 2.24) is 0 Å². The van der Waals surface area contributed by atoms with Crippen molar-refractivity contribution >= 4 is 11.8 Å². The molecule has 0 bridgehead atoms. The summed E-state index contributed by atoms with van der Waals surface area (Å²) in [6.45, 7) is 5.99. The van der Waals surface area contributed by atoms with E-state index < -0.39 is 0 Å². The van der Waals surface area contributed by atoms with Gasteiger partial charge in [0.1, 0.15) is 0 Å². The lowest BCUT2D eigenvalue weighted by Crippen LogP contribution is -2.48. The first-order valence-electron chi connectivity index (χ1n) is 6.34. The van der Waals surface area contributed by atoms with E-state index in [0.717, 1.165) is 32.5 Å². The van der Waals surface area contributed by atoms with Gasteiger partial charge < -0.3 is 15.2 Å². The van der Waals surface area contributed by atoms with Crippen LogP contribution < -0.4 is 5.73 Å². The number of thioether (sulfide) groups is 1. The van der Waals surface area contributed by atoms with Gasteiger partial charge >= 0.3 is 0 Å². The van der Waals surface area contributed by atoms with Crippen LogP contribution in [0.2, 0.25) is 0 Å². The average molecular weight is 245 g/mol. The van der Waals surface area contributed by atoms with Gasteiger partial charge in [0.25, 0.3) is 0 Å². The molecule has 3 nitrogen and oxygen atoms in total. The van der Waals surface area contributed by atoms with Crippen LogP contribution in [0.25, 0.3) is 0 Å². The number of nitrogens with two attached hydrogens (primary N) is 1. The molecule has 2 aliphatic rings. The molecule has 0 radical (unpaired) electrons. The minimum absolute atomic E-state index is 0.291. The highest BCUT2D eigenvalue weighted by Crippen LogP contribution is 2.41. The van der Waals surface area contributed by atoms with Crippen LogP contribution in [0.15, 0.2) is 0 Å². The molecule has 2 N–H and O–H groups in total. The Hall–Kier alpha value is 0.230. The van der Waals surface area contributed by atoms with Gasteiger partial charge in [-0.05, 0) is 12.8 Å². The van der Waals surface area contributed by atoms with Crippen molar-refractivity contribution < 1.29 is 9.47 Å². The van der Waals surface area contributed by atoms with Gasteiger partial charge in [-0.15, -0.1) is 0 Å². The van der Waals surface area contributed by atoms with Gasteiger partial charge in [-0.3, -0.25) is 0 Å². The number of ether oxygens (including phenoxy) is 2. The summed E-state index contributed by atoms with van der Waals surface area (Å²) < 4.78 is 11.6. The van der Waals surface area contributed by atoms with E-state index in [1.165, 1.54) is 6.42 Å². The summed E-state index contributed by atoms with van der Waals surface area (Å²) in [7, 11) is 0. The summed E-state index contributed by atoms with van der Waals surface area (Å²) in [5.41, 5.74) is 6.20. The van der Waals surface area contributed by atoms with Crippen LogP contribution >= 0.6 is 11.8 Å². The average Bonchev–Trinajstić information content (AvgIpc) is 2.72. The highest BCUT2D eigenvalue weighted by Gasteiger charge is 2.44. The Bertz CT molecular complexity index is 231. The van der Waals surface area contributed by atoms with Gasteiger partial charge in [-0.2, -0.15) is 11.8 Å². The maximum absolute atomic E-state index is 6.20. The van der Waals surface area contributed by atoms with Gasteiger partial charge in [0.2, 0.25) is 0 Å². The first kappa shape index (κ1) is 12.7. The van der Waals surface area contributed by atoms with Crippen LogP contribution in [-0.2, 0) is 9.47 Å². The standard InChI is InChI=1S/C12H23NO2S/c1-3-9(2)16-11-8-12(5-4-10(11)13)14-6-7-15-12/h9-11H,3-8,13H2,1-2H3. The summed E-state index contributed by atoms with van der Waals surface area (Å²) in [5.74, 6) is -0.291. The van der Waals surface area contributed by atoms with Crippen molar-refractivity contribution in [2.24, 2.45) is 5.73 Å². The molecule has 94 valence electrons. The van der Waals surface area contributed by atoms with Crippen molar-refractivity contribution in [2.75, 3.05) is 13.2 Å². The Morgan fingerprint density at radius 3 is 2.75 bits per heavy atom. The zero-order valence-electron chi connectivity index (χ0n) is 10.3. The summed E-state index contributed by atoms with van der Waals surface area (Å²) in [4.78, 5) is 0. The fourth-order valence-electron chi connectivity index (χ4n) is 2.44. The summed E-state index contributed by atoms with van der Waals surface area (Å²) in [6, 6.07) is 0.303. The fourth-order valence-corrected chi connectivity index (χ4v) is 3.91. The quantitative estimate of drug-likeness (QED) is 0.827. The van der Waals surface area contributed by atoms with Crippen LogP contribution in [0.5, 0.6) is 0 Å². The topological polar surface area (TPSA) is 44.5 Å². The predicted octanol–water partition coefficient (Wildman–Crippen LogP) is 2.14. The molecule has 1 saturated carbocycles. The van der Waals surface area contributed by atoms with Crippen LogP contribution in [0.1, 0.15) is 39.5 Å². The molecule has 1 aliphatic heterocycles. The van der Waals surface area contributed by atoms with Crippen LogP contribution in [0, 0.1) is 0 Å². The number of rotatable bonds is 3. The third-order valence-electron chi connectivity index (χ3n) is 3.64. The normalized spacial score (nSPS) is 35.4. The first-order chi connectivity index (χ1) is 7.65. The number of hydrogen-bond acceptors (Lipinski definition) is 4. The monoisotopic (exact) mass is 245 g/mol. The van der Waals surface area contributed by atoms with Crippen molar-refractivity contribution in [1.29, 1.82) is 0 Å². The van der Waals surface area contributed by atoms with Crippen molar-refractivity contribution in [3.05, 3.63) is 0 Å². The Morgan fingerprint density at radius 1 is 1.44 bits per heavy atom. The lowest BCUT2D eigenvalue weighted by Gasteiger charge is -2.40. The molecule has 1 aliphatic carbocycles. The molecule has 0 aromatic rings. The molecule has 16 heavy (non-hydrogen) atoms. The third-order valence-corrected chi connectivity index (χ3v) is 5.31. The van der Waals surface area contributed by atoms with Crippen LogP contribution in [0.3, 0.4) is 0 Å². The minimum atomic E-state index is -0.291. The smallest absolute Gasteiger partial charge is 0.169 e. The second kappa shape index (κ2) is 5.25. The summed E-state index contributed by atoms with van der Waals surface area (Å²) in [5, 5.41) is 1.16. The maximum atomic E-state index is 6.20. The molecule has 2 rings (SSSR count). The Kier molecular flexibility index (Phi) is 4.16. The van der Waals surface area contributed by atoms with E-state index in [4.69, 9.17) is 15.2 Å². The molecular weight excluding hydrogens is 222 g/mol. The van der Waals surface area contributed by atoms with E-state index in [0.29, 0.717) is 16.5 Å². The first-order valence-corrected chi connectivity index (χ1v) is 7.28. The molecule has 0 aromatic carbocycles. The fraction of sp³-hybridized carbons (Fsp3) is 1.00. The van der Waals surface area contributed by atoms with Crippen LogP contribution in [0.4, 0.5) is 0 Å². The zero-order valence-corrected chi connectivity index (χ0v) is 11.1. The van der Waals surface area contributed by atoms with Crippen molar-refractivity contribution in [3.8, 4) is 0 Å². The van der Waals surface area contributed by atoms with Gasteiger partial charge in [0.05, 0.1) is 13.2 Å². The van der Waals surface area contributed by atoms with Gasteiger partial charge in [-0.1, -0.05) is 13.8 Å². The van der Waals surface area contributed by atoms with Crippen molar-refractivity contribution in [2.45, 2.75) is 61.9 Å². The number of hydrogen-bond donors (Lipinski definition) is 1. The molecule has 1 heterocycles. The molecule has 1 spiro atoms. The lowest BCUT2D eigenvalue weighted by molar-refractivity contribution is -0.176. The second-order valence-corrected chi connectivity index (χ2v) is 6.59. The largest absolute Gasteiger partial charge is 0.347 e. The van der Waals surface area contributed by atoms with E-state index in [-0.39, 0.29) is 5.79 Å². The van der Waals surface area contributed by atoms with E-state index in [1.54, 1.807) is 0 Å². The SMILES string of the molecule is CCC(C)SC1CC2(CCC1N)OCCO2.